The monoisotopic (exact) mass is 704 g/mol. The van der Waals surface area contributed by atoms with Crippen molar-refractivity contribution in [1.82, 2.24) is 4.90 Å². The maximum absolute atomic E-state index is 15.4. The van der Waals surface area contributed by atoms with Gasteiger partial charge in [-0.2, -0.15) is 0 Å². The molecule has 3 heterocycles. The number of ether oxygens (including phenoxy) is 1. The first-order chi connectivity index (χ1) is 25.1. The van der Waals surface area contributed by atoms with Crippen LogP contribution in [0.2, 0.25) is 0 Å². The summed E-state index contributed by atoms with van der Waals surface area (Å²) in [4.78, 5) is 52.6. The summed E-state index contributed by atoms with van der Waals surface area (Å²) in [6.07, 6.45) is 4.09. The lowest BCUT2D eigenvalue weighted by Gasteiger charge is -2.39. The van der Waals surface area contributed by atoms with Crippen molar-refractivity contribution in [2.75, 3.05) is 47.5 Å². The first-order valence-corrected chi connectivity index (χ1v) is 18.5. The molecule has 6 rings (SSSR count). The Morgan fingerprint density at radius 3 is 1.98 bits per heavy atom. The molecule has 3 aliphatic rings. The zero-order valence-electron chi connectivity index (χ0n) is 30.9. The summed E-state index contributed by atoms with van der Waals surface area (Å²) in [6, 6.07) is 25.0. The average Bonchev–Trinajstić information content (AvgIpc) is 3.69. The number of fused-ring (bicyclic) bond motifs is 1. The quantitative estimate of drug-likeness (QED) is 0.199. The lowest BCUT2D eigenvalue weighted by molar-refractivity contribution is -0.149. The van der Waals surface area contributed by atoms with Crippen LogP contribution in [-0.4, -0.2) is 83.8 Å². The number of aliphatic hydroxyl groups is 1. The first-order valence-electron chi connectivity index (χ1n) is 18.5. The van der Waals surface area contributed by atoms with Crippen molar-refractivity contribution >= 4 is 34.8 Å². The summed E-state index contributed by atoms with van der Waals surface area (Å²) in [6.45, 7) is 17.8. The molecule has 3 amide bonds. The number of anilines is 3. The van der Waals surface area contributed by atoms with Crippen LogP contribution in [0.25, 0.3) is 0 Å². The number of nitrogens with zero attached hydrogens (tertiary/aromatic N) is 4. The molecule has 1 N–H and O–H groups in total. The summed E-state index contributed by atoms with van der Waals surface area (Å²) in [5.41, 5.74) is 1.01. The molecule has 0 aromatic heterocycles. The van der Waals surface area contributed by atoms with Gasteiger partial charge in [0.25, 0.3) is 5.91 Å². The standard InChI is InChI=1S/C43H52N4O5/c1-7-25-45(33-19-15-12-16-20-33)39(49)36-37-40(50)47(35(29-48)27-31-17-13-11-14-18-31)38(43(37)28-30(5)42(36,6)52-43)41(51)46(26-8-2)34-23-21-32(22-24-34)44(9-3)10-4/h7-8,11-24,30,35-38,48H,1-2,9-10,25-29H2,3-6H3/t30?,35-,36-,37+,38?,42+,43?/m1/s1. The number of benzene rings is 3. The highest BCUT2D eigenvalue weighted by atomic mass is 16.5. The van der Waals surface area contributed by atoms with E-state index in [9.17, 15) is 9.90 Å². The second kappa shape index (κ2) is 15.1. The van der Waals surface area contributed by atoms with Gasteiger partial charge in [-0.1, -0.05) is 67.6 Å². The molecule has 3 unspecified atom stereocenters. The molecule has 7 atom stereocenters. The minimum Gasteiger partial charge on any atom is -0.394 e. The van der Waals surface area contributed by atoms with Crippen molar-refractivity contribution < 1.29 is 24.2 Å². The molecule has 3 fully saturated rings. The third-order valence-corrected chi connectivity index (χ3v) is 11.7. The van der Waals surface area contributed by atoms with Crippen LogP contribution in [0, 0.1) is 17.8 Å². The Morgan fingerprint density at radius 2 is 1.42 bits per heavy atom. The molecule has 0 aliphatic carbocycles. The topological polar surface area (TPSA) is 93.6 Å². The van der Waals surface area contributed by atoms with Gasteiger partial charge in [-0.25, -0.2) is 0 Å². The van der Waals surface area contributed by atoms with Crippen LogP contribution >= 0.6 is 0 Å². The minimum atomic E-state index is -1.30. The second-order valence-corrected chi connectivity index (χ2v) is 14.5. The zero-order chi connectivity index (χ0) is 37.2. The van der Waals surface area contributed by atoms with E-state index < -0.39 is 35.1 Å². The van der Waals surface area contributed by atoms with Gasteiger partial charge >= 0.3 is 0 Å². The molecule has 9 heteroatoms. The SMILES string of the molecule is C=CCN(C(=O)C1N([C@@H](CO)Cc2ccccc2)C(=O)[C@@H]2[C@H](C(=O)N(CC=C)c3ccccc3)[C@@]3(C)OC12CC3C)c1ccc(N(CC)CC)cc1. The lowest BCUT2D eigenvalue weighted by Crippen LogP contribution is -2.59. The fourth-order valence-corrected chi connectivity index (χ4v) is 9.12. The van der Waals surface area contributed by atoms with E-state index in [1.807, 2.05) is 98.8 Å². The molecule has 3 saturated heterocycles. The Morgan fingerprint density at radius 1 is 0.885 bits per heavy atom. The highest BCUT2D eigenvalue weighted by Gasteiger charge is 2.80. The zero-order valence-corrected chi connectivity index (χ0v) is 30.9. The van der Waals surface area contributed by atoms with Crippen LogP contribution in [0.5, 0.6) is 0 Å². The molecule has 3 aromatic carbocycles. The highest BCUT2D eigenvalue weighted by Crippen LogP contribution is 2.66. The van der Waals surface area contributed by atoms with E-state index in [2.05, 4.69) is 31.9 Å². The molecule has 3 aliphatic heterocycles. The Hall–Kier alpha value is -4.73. The minimum absolute atomic E-state index is 0.148. The van der Waals surface area contributed by atoms with Crippen LogP contribution in [0.3, 0.4) is 0 Å². The second-order valence-electron chi connectivity index (χ2n) is 14.5. The van der Waals surface area contributed by atoms with E-state index in [4.69, 9.17) is 4.74 Å². The van der Waals surface area contributed by atoms with E-state index in [0.29, 0.717) is 24.2 Å². The molecular formula is C43H52N4O5. The predicted octanol–water partition coefficient (Wildman–Crippen LogP) is 5.89. The number of carbonyl (C=O) groups excluding carboxylic acids is 3. The predicted molar refractivity (Wildman–Crippen MR) is 206 cm³/mol. The number of para-hydroxylation sites is 1. The average molecular weight is 705 g/mol. The number of amides is 3. The summed E-state index contributed by atoms with van der Waals surface area (Å²) in [5.74, 6) is -2.87. The van der Waals surface area contributed by atoms with Gasteiger partial charge < -0.3 is 29.4 Å². The van der Waals surface area contributed by atoms with Crippen LogP contribution in [0.4, 0.5) is 17.1 Å². The van der Waals surface area contributed by atoms with Crippen molar-refractivity contribution in [2.24, 2.45) is 17.8 Å². The maximum atomic E-state index is 15.4. The Bertz CT molecular complexity index is 1760. The number of hydrogen-bond acceptors (Lipinski definition) is 6. The number of hydrogen-bond donors (Lipinski definition) is 1. The van der Waals surface area contributed by atoms with Gasteiger partial charge in [-0.15, -0.1) is 13.2 Å². The summed E-state index contributed by atoms with van der Waals surface area (Å²) in [5, 5.41) is 11.0. The normalized spacial score (nSPS) is 26.5. The van der Waals surface area contributed by atoms with E-state index in [1.165, 1.54) is 0 Å². The smallest absolute Gasteiger partial charge is 0.253 e. The van der Waals surface area contributed by atoms with Gasteiger partial charge in [0.15, 0.2) is 0 Å². The molecule has 9 nitrogen and oxygen atoms in total. The molecule has 3 aromatic rings. The molecule has 0 radical (unpaired) electrons. The van der Waals surface area contributed by atoms with Crippen LogP contribution in [0.1, 0.15) is 39.7 Å². The van der Waals surface area contributed by atoms with Crippen molar-refractivity contribution in [1.29, 1.82) is 0 Å². The molecule has 0 saturated carbocycles. The molecule has 2 bridgehead atoms. The van der Waals surface area contributed by atoms with E-state index >= 15 is 9.59 Å². The van der Waals surface area contributed by atoms with Crippen LogP contribution < -0.4 is 14.7 Å². The fourth-order valence-electron chi connectivity index (χ4n) is 9.12. The third-order valence-electron chi connectivity index (χ3n) is 11.7. The van der Waals surface area contributed by atoms with Crippen molar-refractivity contribution in [3.63, 3.8) is 0 Å². The van der Waals surface area contributed by atoms with E-state index in [-0.39, 0.29) is 43.3 Å². The van der Waals surface area contributed by atoms with Gasteiger partial charge in [0.1, 0.15) is 11.6 Å². The summed E-state index contributed by atoms with van der Waals surface area (Å²) < 4.78 is 7.11. The van der Waals surface area contributed by atoms with Gasteiger partial charge in [-0.05, 0) is 81.5 Å². The van der Waals surface area contributed by atoms with Crippen LogP contribution in [-0.2, 0) is 25.5 Å². The summed E-state index contributed by atoms with van der Waals surface area (Å²) >= 11 is 0. The third kappa shape index (κ3) is 6.13. The van der Waals surface area contributed by atoms with Gasteiger partial charge in [0.2, 0.25) is 11.8 Å². The molecule has 52 heavy (non-hydrogen) atoms. The van der Waals surface area contributed by atoms with E-state index in [0.717, 1.165) is 24.3 Å². The first kappa shape index (κ1) is 37.0. The van der Waals surface area contributed by atoms with Crippen molar-refractivity contribution in [2.45, 2.75) is 63.8 Å². The van der Waals surface area contributed by atoms with Crippen molar-refractivity contribution in [3.8, 4) is 0 Å². The highest BCUT2D eigenvalue weighted by molar-refractivity contribution is 6.07. The Kier molecular flexibility index (Phi) is 10.7. The van der Waals surface area contributed by atoms with Gasteiger partial charge in [0, 0.05) is 43.2 Å². The fraction of sp³-hybridized carbons (Fsp3) is 0.419. The summed E-state index contributed by atoms with van der Waals surface area (Å²) in [7, 11) is 0. The Balaban J connectivity index is 1.48. The number of rotatable bonds is 15. The Labute approximate surface area is 308 Å². The van der Waals surface area contributed by atoms with Crippen molar-refractivity contribution in [3.05, 3.63) is 116 Å². The molecule has 274 valence electrons. The van der Waals surface area contributed by atoms with E-state index in [1.54, 1.807) is 26.9 Å². The van der Waals surface area contributed by atoms with Gasteiger partial charge in [-0.3, -0.25) is 14.4 Å². The molecular weight excluding hydrogens is 652 g/mol. The van der Waals surface area contributed by atoms with Gasteiger partial charge in [0.05, 0.1) is 30.1 Å². The lowest BCUT2D eigenvalue weighted by atomic mass is 9.62. The number of likely N-dealkylation sites (tertiary alicyclic amines) is 1. The largest absolute Gasteiger partial charge is 0.394 e. The number of carbonyl (C=O) groups is 3. The maximum Gasteiger partial charge on any atom is 0.253 e. The van der Waals surface area contributed by atoms with Crippen LogP contribution in [0.15, 0.2) is 110 Å². The number of aliphatic hydroxyl groups excluding tert-OH is 1. The molecule has 1 spiro atoms.